The summed E-state index contributed by atoms with van der Waals surface area (Å²) in [5, 5.41) is 13.1. The number of halogens is 2. The molecule has 0 amide bonds. The molecule has 1 fully saturated rings. The lowest BCUT2D eigenvalue weighted by Gasteiger charge is -2.28. The maximum absolute atomic E-state index is 14.3. The zero-order valence-electron chi connectivity index (χ0n) is 17.4. The van der Waals surface area contributed by atoms with Crippen LogP contribution in [0.15, 0.2) is 54.7 Å². The third-order valence-corrected chi connectivity index (χ3v) is 5.94. The van der Waals surface area contributed by atoms with Gasteiger partial charge in [-0.3, -0.25) is 4.57 Å². The molecule has 2 N–H and O–H groups in total. The zero-order valence-corrected chi connectivity index (χ0v) is 17.4. The first-order valence-electron chi connectivity index (χ1n) is 10.8. The van der Waals surface area contributed by atoms with E-state index in [0.29, 0.717) is 47.0 Å². The summed E-state index contributed by atoms with van der Waals surface area (Å²) in [6.45, 7) is 0. The molecular weight excluding hydrogens is 412 g/mol. The van der Waals surface area contributed by atoms with Gasteiger partial charge in [0.1, 0.15) is 23.0 Å². The van der Waals surface area contributed by atoms with E-state index in [-0.39, 0.29) is 30.2 Å². The molecule has 1 saturated carbocycles. The van der Waals surface area contributed by atoms with Gasteiger partial charge in [-0.15, -0.1) is 0 Å². The molecule has 164 valence electrons. The fraction of sp³-hybridized carbons (Fsp3) is 0.292. The predicted octanol–water partition coefficient (Wildman–Crippen LogP) is 4.91. The fourth-order valence-electron chi connectivity index (χ4n) is 4.26. The highest BCUT2D eigenvalue weighted by atomic mass is 19.1. The van der Waals surface area contributed by atoms with Crippen LogP contribution in [0.3, 0.4) is 0 Å². The number of aromatic nitrogens is 4. The SMILES string of the molecule is OC1CCC(n2c(Nc3ccccc3F)nc3cnc(Cc4ccccc4F)nc32)CC1. The Morgan fingerprint density at radius 3 is 2.41 bits per heavy atom. The molecule has 2 aromatic heterocycles. The standard InChI is InChI=1S/C24H23F2N5O/c25-18-6-2-1-5-15(18)13-22-27-14-21-23(30-22)31(16-9-11-17(32)12-10-16)24(29-21)28-20-8-4-3-7-19(20)26/h1-8,14,16-17,32H,9-13H2,(H,28,29). The lowest BCUT2D eigenvalue weighted by atomic mass is 9.93. The van der Waals surface area contributed by atoms with Crippen LogP contribution in [0.4, 0.5) is 20.4 Å². The Bertz CT molecular complexity index is 1250. The molecule has 0 spiro atoms. The highest BCUT2D eigenvalue weighted by Gasteiger charge is 2.26. The molecule has 0 radical (unpaired) electrons. The number of aliphatic hydroxyl groups excluding tert-OH is 1. The van der Waals surface area contributed by atoms with Crippen molar-refractivity contribution >= 4 is 22.8 Å². The summed E-state index contributed by atoms with van der Waals surface area (Å²) in [4.78, 5) is 13.7. The van der Waals surface area contributed by atoms with Gasteiger partial charge < -0.3 is 10.4 Å². The number of rotatable bonds is 5. The number of nitrogens with zero attached hydrogens (tertiary/aromatic N) is 4. The second-order valence-corrected chi connectivity index (χ2v) is 8.14. The van der Waals surface area contributed by atoms with Crippen molar-refractivity contribution in [3.63, 3.8) is 0 Å². The molecule has 6 nitrogen and oxygen atoms in total. The lowest BCUT2D eigenvalue weighted by Crippen LogP contribution is -2.22. The number of hydrogen-bond donors (Lipinski definition) is 2. The summed E-state index contributed by atoms with van der Waals surface area (Å²) in [6, 6.07) is 13.0. The van der Waals surface area contributed by atoms with Crippen LogP contribution in [-0.4, -0.2) is 30.7 Å². The largest absolute Gasteiger partial charge is 0.393 e. The number of para-hydroxylation sites is 1. The lowest BCUT2D eigenvalue weighted by molar-refractivity contribution is 0.112. The number of fused-ring (bicyclic) bond motifs is 1. The average molecular weight is 435 g/mol. The number of anilines is 2. The van der Waals surface area contributed by atoms with Crippen LogP contribution in [-0.2, 0) is 6.42 Å². The van der Waals surface area contributed by atoms with Gasteiger partial charge in [0.05, 0.1) is 18.0 Å². The number of aliphatic hydroxyl groups is 1. The van der Waals surface area contributed by atoms with E-state index in [9.17, 15) is 13.9 Å². The van der Waals surface area contributed by atoms with E-state index in [2.05, 4.69) is 15.3 Å². The Labute approximate surface area is 184 Å². The van der Waals surface area contributed by atoms with Gasteiger partial charge in [-0.05, 0) is 49.4 Å². The summed E-state index contributed by atoms with van der Waals surface area (Å²) in [7, 11) is 0. The highest BCUT2D eigenvalue weighted by Crippen LogP contribution is 2.35. The molecule has 1 aliphatic rings. The minimum absolute atomic E-state index is 0.0499. The van der Waals surface area contributed by atoms with Gasteiger partial charge in [0.25, 0.3) is 0 Å². The Morgan fingerprint density at radius 1 is 0.938 bits per heavy atom. The van der Waals surface area contributed by atoms with Gasteiger partial charge in [-0.2, -0.15) is 0 Å². The minimum Gasteiger partial charge on any atom is -0.393 e. The molecule has 0 unspecified atom stereocenters. The summed E-state index contributed by atoms with van der Waals surface area (Å²) in [5.74, 6) is 0.283. The third-order valence-electron chi connectivity index (χ3n) is 5.94. The summed E-state index contributed by atoms with van der Waals surface area (Å²) < 4.78 is 30.4. The maximum atomic E-state index is 14.3. The van der Waals surface area contributed by atoms with Gasteiger partial charge in [-0.25, -0.2) is 23.7 Å². The maximum Gasteiger partial charge on any atom is 0.210 e. The smallest absolute Gasteiger partial charge is 0.210 e. The zero-order chi connectivity index (χ0) is 22.1. The van der Waals surface area contributed by atoms with Crippen molar-refractivity contribution in [2.45, 2.75) is 44.2 Å². The molecule has 0 atom stereocenters. The van der Waals surface area contributed by atoms with Crippen LogP contribution in [0.5, 0.6) is 0 Å². The Kier molecular flexibility index (Phi) is 5.53. The monoisotopic (exact) mass is 435 g/mol. The van der Waals surface area contributed by atoms with Crippen molar-refractivity contribution in [1.29, 1.82) is 0 Å². The van der Waals surface area contributed by atoms with Crippen LogP contribution < -0.4 is 5.32 Å². The summed E-state index contributed by atoms with van der Waals surface area (Å²) >= 11 is 0. The quantitative estimate of drug-likeness (QED) is 0.466. The summed E-state index contributed by atoms with van der Waals surface area (Å²) in [5.41, 5.74) is 2.03. The first-order chi connectivity index (χ1) is 15.6. The number of benzene rings is 2. The number of hydrogen-bond acceptors (Lipinski definition) is 5. The topological polar surface area (TPSA) is 75.9 Å². The minimum atomic E-state index is -0.378. The fourth-order valence-corrected chi connectivity index (χ4v) is 4.26. The van der Waals surface area contributed by atoms with E-state index in [1.807, 2.05) is 4.57 Å². The first-order valence-corrected chi connectivity index (χ1v) is 10.8. The normalized spacial score (nSPS) is 18.7. The van der Waals surface area contributed by atoms with E-state index in [0.717, 1.165) is 12.8 Å². The molecule has 1 aliphatic carbocycles. The van der Waals surface area contributed by atoms with E-state index >= 15 is 0 Å². The van der Waals surface area contributed by atoms with Gasteiger partial charge in [0, 0.05) is 12.5 Å². The Morgan fingerprint density at radius 2 is 1.66 bits per heavy atom. The number of nitrogens with one attached hydrogen (secondary N) is 1. The average Bonchev–Trinajstić information content (AvgIpc) is 3.15. The van der Waals surface area contributed by atoms with Crippen molar-refractivity contribution < 1.29 is 13.9 Å². The third kappa shape index (κ3) is 4.05. The molecule has 2 aromatic carbocycles. The van der Waals surface area contributed by atoms with Gasteiger partial charge in [0.15, 0.2) is 5.65 Å². The summed E-state index contributed by atoms with van der Waals surface area (Å²) in [6.07, 6.45) is 4.44. The van der Waals surface area contributed by atoms with Crippen molar-refractivity contribution in [3.8, 4) is 0 Å². The second kappa shape index (κ2) is 8.63. The van der Waals surface area contributed by atoms with Crippen molar-refractivity contribution in [3.05, 3.63) is 77.8 Å². The number of imidazole rings is 1. The van der Waals surface area contributed by atoms with Crippen LogP contribution in [0.25, 0.3) is 11.2 Å². The van der Waals surface area contributed by atoms with Gasteiger partial charge in [0.2, 0.25) is 5.95 Å². The van der Waals surface area contributed by atoms with Gasteiger partial charge in [-0.1, -0.05) is 30.3 Å². The molecule has 0 aliphatic heterocycles. The molecule has 0 saturated heterocycles. The molecule has 32 heavy (non-hydrogen) atoms. The van der Waals surface area contributed by atoms with E-state index in [1.54, 1.807) is 42.6 Å². The van der Waals surface area contributed by atoms with Crippen LogP contribution in [0, 0.1) is 11.6 Å². The predicted molar refractivity (Wildman–Crippen MR) is 118 cm³/mol. The molecule has 8 heteroatoms. The highest BCUT2D eigenvalue weighted by molar-refractivity contribution is 5.75. The molecular formula is C24H23F2N5O. The Hall–Kier alpha value is -3.39. The van der Waals surface area contributed by atoms with Crippen molar-refractivity contribution in [2.75, 3.05) is 5.32 Å². The van der Waals surface area contributed by atoms with E-state index in [4.69, 9.17) is 4.98 Å². The van der Waals surface area contributed by atoms with Crippen LogP contribution in [0.1, 0.15) is 43.1 Å². The molecule has 2 heterocycles. The molecule has 0 bridgehead atoms. The van der Waals surface area contributed by atoms with E-state index < -0.39 is 0 Å². The van der Waals surface area contributed by atoms with Crippen molar-refractivity contribution in [1.82, 2.24) is 19.5 Å². The van der Waals surface area contributed by atoms with Crippen LogP contribution in [0.2, 0.25) is 0 Å². The van der Waals surface area contributed by atoms with Crippen molar-refractivity contribution in [2.24, 2.45) is 0 Å². The first kappa shape index (κ1) is 20.5. The molecule has 4 aromatic rings. The Balaban J connectivity index is 1.57. The second-order valence-electron chi connectivity index (χ2n) is 8.14. The van der Waals surface area contributed by atoms with Gasteiger partial charge >= 0.3 is 0 Å². The van der Waals surface area contributed by atoms with Crippen LogP contribution >= 0.6 is 0 Å². The molecule has 5 rings (SSSR count). The van der Waals surface area contributed by atoms with E-state index in [1.165, 1.54) is 12.1 Å².